The predicted molar refractivity (Wildman–Crippen MR) is 95.1 cm³/mol. The van der Waals surface area contributed by atoms with Crippen LogP contribution in [0.25, 0.3) is 0 Å². The van der Waals surface area contributed by atoms with Gasteiger partial charge in [-0.25, -0.2) is 5.43 Å². The van der Waals surface area contributed by atoms with Crippen LogP contribution in [0.15, 0.2) is 53.6 Å². The van der Waals surface area contributed by atoms with E-state index >= 15 is 0 Å². The molecule has 0 saturated heterocycles. The molecule has 0 fully saturated rings. The van der Waals surface area contributed by atoms with E-state index in [2.05, 4.69) is 15.8 Å². The van der Waals surface area contributed by atoms with Gasteiger partial charge in [0.25, 0.3) is 5.91 Å². The third-order valence-electron chi connectivity index (χ3n) is 3.25. The van der Waals surface area contributed by atoms with Crippen LogP contribution >= 0.6 is 0 Å². The molecular weight excluding hydrogens is 338 g/mol. The third-order valence-corrected chi connectivity index (χ3v) is 3.25. The van der Waals surface area contributed by atoms with Crippen LogP contribution in [0.2, 0.25) is 0 Å². The number of hydrazone groups is 1. The number of nitrogens with zero attached hydrogens (tertiary/aromatic N) is 1. The predicted octanol–water partition coefficient (Wildman–Crippen LogP) is 1.96. The van der Waals surface area contributed by atoms with Gasteiger partial charge in [0.15, 0.2) is 0 Å². The second-order valence-electron chi connectivity index (χ2n) is 5.31. The number of anilines is 1. The Morgan fingerprint density at radius 3 is 2.42 bits per heavy atom. The molecule has 26 heavy (non-hydrogen) atoms. The van der Waals surface area contributed by atoms with E-state index in [0.29, 0.717) is 16.8 Å². The lowest BCUT2D eigenvalue weighted by molar-refractivity contribution is -0.138. The van der Waals surface area contributed by atoms with Crippen molar-refractivity contribution in [2.45, 2.75) is 12.8 Å². The number of carbonyl (C=O) groups excluding carboxylic acids is 2. The summed E-state index contributed by atoms with van der Waals surface area (Å²) in [5.41, 5.74) is 3.78. The minimum atomic E-state index is -1.04. The average Bonchev–Trinajstić information content (AvgIpc) is 2.60. The minimum absolute atomic E-state index is 0.0984. The smallest absolute Gasteiger partial charge is 0.303 e. The number of phenolic OH excluding ortho intramolecular Hbond substituents is 1. The lowest BCUT2D eigenvalue weighted by Crippen LogP contribution is -2.18. The number of carbonyl (C=O) groups is 3. The second kappa shape index (κ2) is 8.97. The highest BCUT2D eigenvalue weighted by Gasteiger charge is 2.07. The number of nitrogens with one attached hydrogen (secondary N) is 2. The second-order valence-corrected chi connectivity index (χ2v) is 5.31. The van der Waals surface area contributed by atoms with E-state index in [1.54, 1.807) is 12.1 Å². The fraction of sp³-hybridized carbons (Fsp3) is 0.111. The first-order valence-corrected chi connectivity index (χ1v) is 7.68. The number of hydrogen-bond donors (Lipinski definition) is 4. The van der Waals surface area contributed by atoms with Crippen LogP contribution in [0.3, 0.4) is 0 Å². The maximum absolute atomic E-state index is 12.0. The largest absolute Gasteiger partial charge is 0.508 e. The molecule has 0 saturated carbocycles. The monoisotopic (exact) mass is 355 g/mol. The molecule has 8 heteroatoms. The molecule has 0 heterocycles. The molecule has 0 atom stereocenters. The number of aromatic hydroxyl groups is 1. The van der Waals surface area contributed by atoms with E-state index in [0.717, 1.165) is 0 Å². The van der Waals surface area contributed by atoms with Crippen LogP contribution in [-0.4, -0.2) is 34.2 Å². The SMILES string of the molecule is O=C(O)CCC(=O)Nc1ccc(C(=O)NN=Cc2cccc(O)c2)cc1. The number of benzene rings is 2. The Morgan fingerprint density at radius 2 is 1.77 bits per heavy atom. The van der Waals surface area contributed by atoms with Crippen LogP contribution < -0.4 is 10.7 Å². The summed E-state index contributed by atoms with van der Waals surface area (Å²) in [5.74, 6) is -1.80. The van der Waals surface area contributed by atoms with Gasteiger partial charge >= 0.3 is 5.97 Å². The highest BCUT2D eigenvalue weighted by Crippen LogP contribution is 2.11. The van der Waals surface area contributed by atoms with E-state index in [-0.39, 0.29) is 18.6 Å². The highest BCUT2D eigenvalue weighted by molar-refractivity contribution is 5.96. The van der Waals surface area contributed by atoms with Crippen LogP contribution in [0.1, 0.15) is 28.8 Å². The van der Waals surface area contributed by atoms with Crippen molar-refractivity contribution in [1.82, 2.24) is 5.43 Å². The van der Waals surface area contributed by atoms with Gasteiger partial charge in [0.05, 0.1) is 12.6 Å². The Hall–Kier alpha value is -3.68. The van der Waals surface area contributed by atoms with Crippen molar-refractivity contribution in [3.05, 3.63) is 59.7 Å². The number of rotatable bonds is 7. The molecule has 2 aromatic carbocycles. The number of carboxylic acid groups (broad SMARTS) is 1. The van der Waals surface area contributed by atoms with E-state index < -0.39 is 17.8 Å². The van der Waals surface area contributed by atoms with Crippen molar-refractivity contribution in [3.8, 4) is 5.75 Å². The molecule has 2 aromatic rings. The third kappa shape index (κ3) is 6.08. The Balaban J connectivity index is 1.88. The normalized spacial score (nSPS) is 10.5. The van der Waals surface area contributed by atoms with E-state index in [1.165, 1.54) is 42.6 Å². The Bertz CT molecular complexity index is 831. The molecule has 0 radical (unpaired) electrons. The molecule has 4 N–H and O–H groups in total. The summed E-state index contributed by atoms with van der Waals surface area (Å²) >= 11 is 0. The zero-order chi connectivity index (χ0) is 18.9. The number of phenols is 1. The Morgan fingerprint density at radius 1 is 1.04 bits per heavy atom. The van der Waals surface area contributed by atoms with Crippen molar-refractivity contribution in [2.24, 2.45) is 5.10 Å². The van der Waals surface area contributed by atoms with Gasteiger partial charge < -0.3 is 15.5 Å². The summed E-state index contributed by atoms with van der Waals surface area (Å²) in [6, 6.07) is 12.5. The van der Waals surface area contributed by atoms with Gasteiger partial charge in [0.1, 0.15) is 5.75 Å². The quantitative estimate of drug-likeness (QED) is 0.446. The van der Waals surface area contributed by atoms with Crippen LogP contribution in [0, 0.1) is 0 Å². The first-order valence-electron chi connectivity index (χ1n) is 7.68. The summed E-state index contributed by atoms with van der Waals surface area (Å²) < 4.78 is 0. The van der Waals surface area contributed by atoms with Gasteiger partial charge in [-0.2, -0.15) is 5.10 Å². The first-order chi connectivity index (χ1) is 12.4. The molecule has 0 spiro atoms. The van der Waals surface area contributed by atoms with Gasteiger partial charge in [-0.05, 0) is 42.0 Å². The van der Waals surface area contributed by atoms with E-state index in [9.17, 15) is 19.5 Å². The van der Waals surface area contributed by atoms with Crippen molar-refractivity contribution in [1.29, 1.82) is 0 Å². The zero-order valence-corrected chi connectivity index (χ0v) is 13.7. The van der Waals surface area contributed by atoms with Crippen molar-refractivity contribution in [2.75, 3.05) is 5.32 Å². The topological polar surface area (TPSA) is 128 Å². The first kappa shape index (κ1) is 18.7. The summed E-state index contributed by atoms with van der Waals surface area (Å²) in [7, 11) is 0. The lowest BCUT2D eigenvalue weighted by Gasteiger charge is -2.05. The van der Waals surface area contributed by atoms with Crippen molar-refractivity contribution in [3.63, 3.8) is 0 Å². The molecule has 8 nitrogen and oxygen atoms in total. The molecule has 0 bridgehead atoms. The summed E-state index contributed by atoms with van der Waals surface area (Å²) in [5, 5.41) is 24.2. The number of aliphatic carboxylic acids is 1. The number of carboxylic acids is 1. The molecule has 0 aromatic heterocycles. The van der Waals surface area contributed by atoms with Gasteiger partial charge in [0, 0.05) is 17.7 Å². The summed E-state index contributed by atoms with van der Waals surface area (Å²) in [6.07, 6.45) is 1.03. The standard InChI is InChI=1S/C18H17N3O5/c22-15-3-1-2-12(10-15)11-19-21-18(26)13-4-6-14(7-5-13)20-16(23)8-9-17(24)25/h1-7,10-11,22H,8-9H2,(H,20,23)(H,21,26)(H,24,25). The van der Waals surface area contributed by atoms with Gasteiger partial charge in [-0.1, -0.05) is 12.1 Å². The maximum atomic E-state index is 12.0. The van der Waals surface area contributed by atoms with Gasteiger partial charge in [-0.3, -0.25) is 14.4 Å². The van der Waals surface area contributed by atoms with Crippen LogP contribution in [0.5, 0.6) is 5.75 Å². The summed E-state index contributed by atoms with van der Waals surface area (Å²) in [6.45, 7) is 0. The lowest BCUT2D eigenvalue weighted by atomic mass is 10.2. The van der Waals surface area contributed by atoms with E-state index in [1.807, 2.05) is 0 Å². The fourth-order valence-corrected chi connectivity index (χ4v) is 1.98. The number of hydrogen-bond acceptors (Lipinski definition) is 5. The minimum Gasteiger partial charge on any atom is -0.508 e. The fourth-order valence-electron chi connectivity index (χ4n) is 1.98. The molecular formula is C18H17N3O5. The molecule has 0 aliphatic carbocycles. The van der Waals surface area contributed by atoms with Crippen LogP contribution in [0.4, 0.5) is 5.69 Å². The molecule has 0 unspecified atom stereocenters. The van der Waals surface area contributed by atoms with Gasteiger partial charge in [-0.15, -0.1) is 0 Å². The summed E-state index contributed by atoms with van der Waals surface area (Å²) in [4.78, 5) is 34.0. The van der Waals surface area contributed by atoms with Crippen molar-refractivity contribution >= 4 is 29.7 Å². The maximum Gasteiger partial charge on any atom is 0.303 e. The molecule has 134 valence electrons. The average molecular weight is 355 g/mol. The Labute approximate surface area is 149 Å². The number of amides is 2. The van der Waals surface area contributed by atoms with E-state index in [4.69, 9.17) is 5.11 Å². The molecule has 2 amide bonds. The molecule has 2 rings (SSSR count). The van der Waals surface area contributed by atoms with Crippen LogP contribution in [-0.2, 0) is 9.59 Å². The van der Waals surface area contributed by atoms with Crippen molar-refractivity contribution < 1.29 is 24.6 Å². The highest BCUT2D eigenvalue weighted by atomic mass is 16.4. The molecule has 0 aliphatic rings. The molecule has 0 aliphatic heterocycles. The van der Waals surface area contributed by atoms with Gasteiger partial charge in [0.2, 0.25) is 5.91 Å². The zero-order valence-electron chi connectivity index (χ0n) is 13.7. The Kier molecular flexibility index (Phi) is 6.44.